The zero-order valence-corrected chi connectivity index (χ0v) is 15.4. The molecule has 2 aliphatic rings. The summed E-state index contributed by atoms with van der Waals surface area (Å²) < 4.78 is 39.4. The number of aromatic nitrogens is 2. The molecule has 2 aromatic rings. The lowest BCUT2D eigenvalue weighted by Gasteiger charge is -2.25. The second kappa shape index (κ2) is 7.12. The van der Waals surface area contributed by atoms with Gasteiger partial charge >= 0.3 is 6.18 Å². The fourth-order valence-corrected chi connectivity index (χ4v) is 3.88. The highest BCUT2D eigenvalue weighted by Gasteiger charge is 2.33. The Hall–Kier alpha value is -2.55. The van der Waals surface area contributed by atoms with Crippen LogP contribution in [0.25, 0.3) is 0 Å². The molecule has 5 N–H and O–H groups in total. The van der Waals surface area contributed by atoms with Crippen LogP contribution in [0.1, 0.15) is 36.1 Å². The Morgan fingerprint density at radius 3 is 2.64 bits per heavy atom. The highest BCUT2D eigenvalue weighted by atomic mass is 19.4. The van der Waals surface area contributed by atoms with Crippen molar-refractivity contribution < 1.29 is 13.2 Å². The van der Waals surface area contributed by atoms with E-state index >= 15 is 0 Å². The van der Waals surface area contributed by atoms with E-state index < -0.39 is 11.7 Å². The largest absolute Gasteiger partial charge is 0.418 e. The van der Waals surface area contributed by atoms with Crippen molar-refractivity contribution in [1.29, 1.82) is 0 Å². The van der Waals surface area contributed by atoms with Crippen molar-refractivity contribution in [3.8, 4) is 0 Å². The first-order chi connectivity index (χ1) is 13.3. The predicted molar refractivity (Wildman–Crippen MR) is 103 cm³/mol. The number of anilines is 4. The van der Waals surface area contributed by atoms with Crippen molar-refractivity contribution in [2.24, 2.45) is 5.73 Å². The van der Waals surface area contributed by atoms with Crippen LogP contribution in [0.3, 0.4) is 0 Å². The molecule has 1 saturated heterocycles. The van der Waals surface area contributed by atoms with Gasteiger partial charge in [0.1, 0.15) is 5.82 Å². The first-order valence-electron chi connectivity index (χ1n) is 9.45. The normalized spacial score (nSPS) is 19.6. The first kappa shape index (κ1) is 18.8. The van der Waals surface area contributed by atoms with Gasteiger partial charge in [0, 0.05) is 36.1 Å². The van der Waals surface area contributed by atoms with Crippen molar-refractivity contribution in [3.05, 3.63) is 35.0 Å². The molecule has 1 fully saturated rings. The van der Waals surface area contributed by atoms with Gasteiger partial charge in [0.25, 0.3) is 0 Å². The predicted octanol–water partition coefficient (Wildman–Crippen LogP) is 3.24. The van der Waals surface area contributed by atoms with Crippen LogP contribution in [0.15, 0.2) is 18.2 Å². The van der Waals surface area contributed by atoms with Crippen LogP contribution in [-0.2, 0) is 19.0 Å². The number of hydrogen-bond acceptors (Lipinski definition) is 6. The molecule has 0 spiro atoms. The van der Waals surface area contributed by atoms with Crippen LogP contribution in [-0.4, -0.2) is 29.1 Å². The second-order valence-corrected chi connectivity index (χ2v) is 7.42. The number of fused-ring (bicyclic) bond motifs is 1. The molecule has 2 heterocycles. The number of nitrogens with one attached hydrogen (secondary N) is 1. The van der Waals surface area contributed by atoms with Crippen LogP contribution < -0.4 is 21.7 Å². The standard InChI is InChI=1S/C19H23F3N6/c20-19(21,22)14-9-12(5-6-15(14)24)25-18-26-16-4-2-1-3-13(16)17(27-18)28-8-7-11(23)10-28/h5-6,9,11H,1-4,7-8,10,23-24H2,(H,25,26,27)/t11-/m0/s1. The molecule has 0 bridgehead atoms. The number of rotatable bonds is 3. The molecule has 28 heavy (non-hydrogen) atoms. The zero-order chi connectivity index (χ0) is 19.9. The van der Waals surface area contributed by atoms with Gasteiger partial charge < -0.3 is 21.7 Å². The van der Waals surface area contributed by atoms with Gasteiger partial charge in [-0.1, -0.05) is 0 Å². The quantitative estimate of drug-likeness (QED) is 0.695. The number of halogens is 3. The Balaban J connectivity index is 1.69. The van der Waals surface area contributed by atoms with E-state index in [0.29, 0.717) is 5.95 Å². The maximum atomic E-state index is 13.1. The summed E-state index contributed by atoms with van der Waals surface area (Å²) in [5.41, 5.74) is 12.7. The molecule has 1 aliphatic heterocycles. The maximum absolute atomic E-state index is 13.1. The number of nitrogen functional groups attached to an aromatic ring is 1. The molecule has 6 nitrogen and oxygen atoms in total. The molecule has 0 unspecified atom stereocenters. The summed E-state index contributed by atoms with van der Waals surface area (Å²) >= 11 is 0. The molecule has 9 heteroatoms. The molecule has 4 rings (SSSR count). The van der Waals surface area contributed by atoms with Gasteiger partial charge in [0.2, 0.25) is 5.95 Å². The fourth-order valence-electron chi connectivity index (χ4n) is 3.88. The Bertz CT molecular complexity index is 883. The topological polar surface area (TPSA) is 93.1 Å². The van der Waals surface area contributed by atoms with Gasteiger partial charge in [0.05, 0.1) is 11.3 Å². The molecular formula is C19H23F3N6. The van der Waals surface area contributed by atoms with Crippen LogP contribution in [0.5, 0.6) is 0 Å². The van der Waals surface area contributed by atoms with Crippen LogP contribution in [0, 0.1) is 0 Å². The van der Waals surface area contributed by atoms with E-state index in [1.165, 1.54) is 12.1 Å². The Kier molecular flexibility index (Phi) is 4.78. The third kappa shape index (κ3) is 3.71. The summed E-state index contributed by atoms with van der Waals surface area (Å²) in [6, 6.07) is 3.84. The number of alkyl halides is 3. The summed E-state index contributed by atoms with van der Waals surface area (Å²) in [6.07, 6.45) is 0.265. The monoisotopic (exact) mass is 392 g/mol. The van der Waals surface area contributed by atoms with Crippen molar-refractivity contribution >= 4 is 23.1 Å². The minimum Gasteiger partial charge on any atom is -0.398 e. The van der Waals surface area contributed by atoms with Gasteiger partial charge in [-0.3, -0.25) is 0 Å². The molecule has 0 amide bonds. The lowest BCUT2D eigenvalue weighted by atomic mass is 9.96. The third-order valence-electron chi connectivity index (χ3n) is 5.30. The zero-order valence-electron chi connectivity index (χ0n) is 15.4. The molecule has 1 atom stereocenters. The van der Waals surface area contributed by atoms with E-state index in [-0.39, 0.29) is 17.4 Å². The van der Waals surface area contributed by atoms with Crippen molar-refractivity contribution in [1.82, 2.24) is 9.97 Å². The second-order valence-electron chi connectivity index (χ2n) is 7.42. The van der Waals surface area contributed by atoms with E-state index in [1.54, 1.807) is 0 Å². The number of hydrogen-bond donors (Lipinski definition) is 3. The van der Waals surface area contributed by atoms with Crippen molar-refractivity contribution in [3.63, 3.8) is 0 Å². The van der Waals surface area contributed by atoms with Gasteiger partial charge in [-0.05, 0) is 50.3 Å². The van der Waals surface area contributed by atoms with Crippen molar-refractivity contribution in [2.45, 2.75) is 44.3 Å². The number of nitrogens with two attached hydrogens (primary N) is 2. The summed E-state index contributed by atoms with van der Waals surface area (Å²) in [6.45, 7) is 1.55. The highest BCUT2D eigenvalue weighted by Crippen LogP contribution is 2.36. The molecule has 1 aromatic carbocycles. The van der Waals surface area contributed by atoms with Gasteiger partial charge in [-0.25, -0.2) is 4.98 Å². The fraction of sp³-hybridized carbons (Fsp3) is 0.474. The summed E-state index contributed by atoms with van der Waals surface area (Å²) in [5, 5.41) is 2.93. The lowest BCUT2D eigenvalue weighted by Crippen LogP contribution is -2.29. The third-order valence-corrected chi connectivity index (χ3v) is 5.30. The minimum atomic E-state index is -4.52. The van der Waals surface area contributed by atoms with Crippen molar-refractivity contribution in [2.75, 3.05) is 29.0 Å². The van der Waals surface area contributed by atoms with Gasteiger partial charge in [0.15, 0.2) is 0 Å². The average Bonchev–Trinajstić information content (AvgIpc) is 3.08. The molecule has 150 valence electrons. The van der Waals surface area contributed by atoms with Crippen LogP contribution in [0.4, 0.5) is 36.3 Å². The van der Waals surface area contributed by atoms with Crippen LogP contribution >= 0.6 is 0 Å². The van der Waals surface area contributed by atoms with E-state index in [9.17, 15) is 13.2 Å². The SMILES string of the molecule is Nc1ccc(Nc2nc3c(c(N4CC[C@H](N)C4)n2)CCCC3)cc1C(F)(F)F. The van der Waals surface area contributed by atoms with E-state index in [4.69, 9.17) is 11.5 Å². The first-order valence-corrected chi connectivity index (χ1v) is 9.45. The molecule has 1 aromatic heterocycles. The smallest absolute Gasteiger partial charge is 0.398 e. The molecule has 0 saturated carbocycles. The molecular weight excluding hydrogens is 369 g/mol. The summed E-state index contributed by atoms with van der Waals surface area (Å²) in [4.78, 5) is 11.4. The highest BCUT2D eigenvalue weighted by molar-refractivity contribution is 5.64. The number of aryl methyl sites for hydroxylation is 1. The Labute approximate surface area is 161 Å². The summed E-state index contributed by atoms with van der Waals surface area (Å²) in [7, 11) is 0. The number of benzene rings is 1. The maximum Gasteiger partial charge on any atom is 0.418 e. The van der Waals surface area contributed by atoms with Crippen LogP contribution in [0.2, 0.25) is 0 Å². The van der Waals surface area contributed by atoms with Gasteiger partial charge in [-0.15, -0.1) is 0 Å². The van der Waals surface area contributed by atoms with E-state index in [0.717, 1.165) is 68.3 Å². The number of nitrogens with zero attached hydrogens (tertiary/aromatic N) is 3. The molecule has 0 radical (unpaired) electrons. The average molecular weight is 392 g/mol. The Morgan fingerprint density at radius 2 is 1.93 bits per heavy atom. The van der Waals surface area contributed by atoms with E-state index in [2.05, 4.69) is 20.2 Å². The van der Waals surface area contributed by atoms with Gasteiger partial charge in [-0.2, -0.15) is 18.2 Å². The molecule has 1 aliphatic carbocycles. The summed E-state index contributed by atoms with van der Waals surface area (Å²) in [5.74, 6) is 1.15. The van der Waals surface area contributed by atoms with E-state index in [1.807, 2.05) is 0 Å². The minimum absolute atomic E-state index is 0.108. The Morgan fingerprint density at radius 1 is 1.14 bits per heavy atom. The lowest BCUT2D eigenvalue weighted by molar-refractivity contribution is -0.136.